The summed E-state index contributed by atoms with van der Waals surface area (Å²) in [5.41, 5.74) is 0.779. The van der Waals surface area contributed by atoms with E-state index in [2.05, 4.69) is 37.7 Å². The molecule has 1 saturated heterocycles. The lowest BCUT2D eigenvalue weighted by molar-refractivity contribution is -0.787. The van der Waals surface area contributed by atoms with E-state index in [1.165, 1.54) is 20.3 Å². The Morgan fingerprint density at radius 2 is 1.56 bits per heavy atom. The van der Waals surface area contributed by atoms with Gasteiger partial charge in [0.2, 0.25) is 10.0 Å². The van der Waals surface area contributed by atoms with Crippen molar-refractivity contribution < 1.29 is 23.2 Å². The molecular formula is C18H31N2O4S+. The van der Waals surface area contributed by atoms with Gasteiger partial charge < -0.3 is 14.8 Å². The number of ether oxygens (including phenoxy) is 2. The molecule has 25 heavy (non-hydrogen) atoms. The zero-order chi connectivity index (χ0) is 19.0. The monoisotopic (exact) mass is 371 g/mol. The molecule has 0 aromatic heterocycles. The highest BCUT2D eigenvalue weighted by Gasteiger charge is 2.43. The van der Waals surface area contributed by atoms with Crippen LogP contribution in [0, 0.1) is 6.92 Å². The van der Waals surface area contributed by atoms with Crippen LogP contribution in [0.25, 0.3) is 0 Å². The maximum atomic E-state index is 13.0. The van der Waals surface area contributed by atoms with E-state index in [0.29, 0.717) is 11.5 Å². The molecule has 3 N–H and O–H groups in total. The van der Waals surface area contributed by atoms with Gasteiger partial charge in [-0.05, 0) is 46.2 Å². The summed E-state index contributed by atoms with van der Waals surface area (Å²) in [7, 11) is -0.719. The van der Waals surface area contributed by atoms with Crippen LogP contribution in [-0.2, 0) is 10.0 Å². The van der Waals surface area contributed by atoms with Gasteiger partial charge in [-0.1, -0.05) is 0 Å². The van der Waals surface area contributed by atoms with Gasteiger partial charge >= 0.3 is 0 Å². The summed E-state index contributed by atoms with van der Waals surface area (Å²) < 4.78 is 39.5. The first-order valence-electron chi connectivity index (χ1n) is 8.51. The number of hydrogen-bond acceptors (Lipinski definition) is 4. The molecular weight excluding hydrogens is 340 g/mol. The van der Waals surface area contributed by atoms with Crippen LogP contribution < -0.4 is 19.5 Å². The molecule has 0 saturated carbocycles. The summed E-state index contributed by atoms with van der Waals surface area (Å²) in [5.74, 6) is 0.852. The van der Waals surface area contributed by atoms with Gasteiger partial charge in [-0.3, -0.25) is 0 Å². The lowest BCUT2D eigenvalue weighted by atomic mass is 9.80. The Balaban J connectivity index is 2.36. The number of benzene rings is 1. The highest BCUT2D eigenvalue weighted by Crippen LogP contribution is 2.32. The third-order valence-electron chi connectivity index (χ3n) is 4.62. The largest absolute Gasteiger partial charge is 0.496 e. The van der Waals surface area contributed by atoms with Crippen molar-refractivity contribution in [1.82, 2.24) is 4.72 Å². The van der Waals surface area contributed by atoms with Crippen LogP contribution in [0.1, 0.15) is 46.1 Å². The van der Waals surface area contributed by atoms with Crippen molar-refractivity contribution in [3.8, 4) is 11.5 Å². The van der Waals surface area contributed by atoms with Gasteiger partial charge in [0.1, 0.15) is 16.4 Å². The summed E-state index contributed by atoms with van der Waals surface area (Å²) in [6.45, 7) is 10.4. The normalized spacial score (nSPS) is 20.3. The maximum Gasteiger partial charge on any atom is 0.244 e. The van der Waals surface area contributed by atoms with Crippen molar-refractivity contribution in [2.45, 2.75) is 69.5 Å². The second-order valence-corrected chi connectivity index (χ2v) is 10.0. The number of hydrogen-bond donors (Lipinski definition) is 2. The summed E-state index contributed by atoms with van der Waals surface area (Å²) in [4.78, 5) is 0.114. The number of piperidine rings is 1. The van der Waals surface area contributed by atoms with Crippen molar-refractivity contribution in [3.63, 3.8) is 0 Å². The Hall–Kier alpha value is -1.31. The first kappa shape index (κ1) is 20.0. The van der Waals surface area contributed by atoms with Crippen LogP contribution in [0.5, 0.6) is 11.5 Å². The van der Waals surface area contributed by atoms with Gasteiger partial charge in [-0.2, -0.15) is 0 Å². The van der Waals surface area contributed by atoms with Crippen molar-refractivity contribution in [2.24, 2.45) is 0 Å². The topological polar surface area (TPSA) is 81.2 Å². The second kappa shape index (κ2) is 6.78. The van der Waals surface area contributed by atoms with Crippen molar-refractivity contribution >= 4 is 10.0 Å². The molecule has 0 radical (unpaired) electrons. The fourth-order valence-corrected chi connectivity index (χ4v) is 5.52. The number of quaternary nitrogens is 1. The minimum Gasteiger partial charge on any atom is -0.496 e. The van der Waals surface area contributed by atoms with E-state index in [-0.39, 0.29) is 22.0 Å². The molecule has 0 unspecified atom stereocenters. The van der Waals surface area contributed by atoms with E-state index in [1.54, 1.807) is 6.07 Å². The van der Waals surface area contributed by atoms with E-state index in [4.69, 9.17) is 9.47 Å². The predicted molar refractivity (Wildman–Crippen MR) is 97.7 cm³/mol. The minimum absolute atomic E-state index is 0.0238. The van der Waals surface area contributed by atoms with Crippen LogP contribution in [0.2, 0.25) is 0 Å². The lowest BCUT2D eigenvalue weighted by Gasteiger charge is -2.43. The van der Waals surface area contributed by atoms with Crippen molar-refractivity contribution in [3.05, 3.63) is 17.7 Å². The Bertz CT molecular complexity index is 726. The first-order valence-corrected chi connectivity index (χ1v) is 9.99. The summed E-state index contributed by atoms with van der Waals surface area (Å²) in [6.07, 6.45) is 1.53. The lowest BCUT2D eigenvalue weighted by Crippen LogP contribution is -3.06. The van der Waals surface area contributed by atoms with Crippen molar-refractivity contribution in [1.29, 1.82) is 0 Å². The average Bonchev–Trinajstić information content (AvgIpc) is 2.42. The number of nitrogens with one attached hydrogen (secondary N) is 1. The van der Waals surface area contributed by atoms with Crippen LogP contribution in [0.3, 0.4) is 0 Å². The molecule has 1 heterocycles. The molecule has 7 heteroatoms. The molecule has 0 amide bonds. The van der Waals surface area contributed by atoms with Crippen LogP contribution in [-0.4, -0.2) is 39.8 Å². The molecule has 1 aliphatic heterocycles. The van der Waals surface area contributed by atoms with E-state index in [1.807, 2.05) is 6.92 Å². The predicted octanol–water partition coefficient (Wildman–Crippen LogP) is 1.57. The molecule has 0 spiro atoms. The van der Waals surface area contributed by atoms with Gasteiger partial charge in [0.15, 0.2) is 0 Å². The number of rotatable bonds is 5. The van der Waals surface area contributed by atoms with Gasteiger partial charge in [-0.15, -0.1) is 0 Å². The fourth-order valence-electron chi connectivity index (χ4n) is 4.12. The first-order chi connectivity index (χ1) is 11.4. The van der Waals surface area contributed by atoms with E-state index in [0.717, 1.165) is 18.4 Å². The van der Waals surface area contributed by atoms with Gasteiger partial charge in [0, 0.05) is 24.9 Å². The Kier molecular flexibility index (Phi) is 5.42. The van der Waals surface area contributed by atoms with Crippen LogP contribution in [0.15, 0.2) is 17.0 Å². The van der Waals surface area contributed by atoms with Crippen LogP contribution >= 0.6 is 0 Å². The summed E-state index contributed by atoms with van der Waals surface area (Å²) in [5, 5.41) is 2.32. The van der Waals surface area contributed by atoms with Gasteiger partial charge in [0.25, 0.3) is 0 Å². The Morgan fingerprint density at radius 1 is 1.04 bits per heavy atom. The Labute approximate surface area is 151 Å². The molecule has 0 aliphatic carbocycles. The zero-order valence-corrected chi connectivity index (χ0v) is 17.1. The quantitative estimate of drug-likeness (QED) is 0.823. The average molecular weight is 372 g/mol. The smallest absolute Gasteiger partial charge is 0.244 e. The molecule has 1 fully saturated rings. The second-order valence-electron chi connectivity index (χ2n) is 8.32. The summed E-state index contributed by atoms with van der Waals surface area (Å²) >= 11 is 0. The number of aryl methyl sites for hydroxylation is 1. The fraction of sp³-hybridized carbons (Fsp3) is 0.667. The molecule has 0 atom stereocenters. The molecule has 0 bridgehead atoms. The number of sulfonamides is 1. The van der Waals surface area contributed by atoms with Gasteiger partial charge in [-0.25, -0.2) is 13.1 Å². The van der Waals surface area contributed by atoms with Crippen molar-refractivity contribution in [2.75, 3.05) is 14.2 Å². The highest BCUT2D eigenvalue weighted by atomic mass is 32.2. The van der Waals surface area contributed by atoms with Crippen LogP contribution in [0.4, 0.5) is 0 Å². The molecule has 1 aromatic rings. The molecule has 6 nitrogen and oxygen atoms in total. The summed E-state index contributed by atoms with van der Waals surface area (Å²) in [6, 6.07) is 3.09. The Morgan fingerprint density at radius 3 is 2.04 bits per heavy atom. The minimum atomic E-state index is -3.72. The van der Waals surface area contributed by atoms with E-state index >= 15 is 0 Å². The standard InChI is InChI=1S/C18H30N2O4S/c1-12-8-15(24-7)16(9-14(12)23-6)25(21,22)19-13-10-17(2,3)20-18(4,5)11-13/h8-9,13,19-20H,10-11H2,1-7H3/p+1. The highest BCUT2D eigenvalue weighted by molar-refractivity contribution is 7.89. The van der Waals surface area contributed by atoms with Gasteiger partial charge in [0.05, 0.1) is 25.3 Å². The third kappa shape index (κ3) is 4.65. The number of nitrogens with two attached hydrogens (primary N) is 1. The van der Waals surface area contributed by atoms with E-state index in [9.17, 15) is 8.42 Å². The maximum absolute atomic E-state index is 13.0. The molecule has 142 valence electrons. The van der Waals surface area contributed by atoms with E-state index < -0.39 is 10.0 Å². The number of methoxy groups -OCH3 is 2. The molecule has 2 rings (SSSR count). The SMILES string of the molecule is COc1cc(S(=O)(=O)NC2CC(C)(C)[NH2+]C(C)(C)C2)c(OC)cc1C. The third-order valence-corrected chi connectivity index (χ3v) is 6.16. The zero-order valence-electron chi connectivity index (χ0n) is 16.3. The molecule has 1 aromatic carbocycles. The molecule has 1 aliphatic rings.